The Bertz CT molecular complexity index is 876. The normalized spacial score (nSPS) is 26.4. The maximum absolute atomic E-state index is 13.5. The highest BCUT2D eigenvalue weighted by Gasteiger charge is 2.54. The molecule has 1 heterocycles. The molecule has 2 fully saturated rings. The second-order valence-corrected chi connectivity index (χ2v) is 9.68. The quantitative estimate of drug-likeness (QED) is 0.458. The lowest BCUT2D eigenvalue weighted by molar-refractivity contribution is -0.137. The van der Waals surface area contributed by atoms with E-state index in [1.807, 2.05) is 4.90 Å². The van der Waals surface area contributed by atoms with Crippen molar-refractivity contribution in [3.63, 3.8) is 0 Å². The van der Waals surface area contributed by atoms with Crippen LogP contribution in [-0.4, -0.2) is 39.6 Å². The molecule has 1 aliphatic carbocycles. The van der Waals surface area contributed by atoms with Crippen molar-refractivity contribution in [3.05, 3.63) is 29.3 Å². The molecule has 1 saturated carbocycles. The summed E-state index contributed by atoms with van der Waals surface area (Å²) in [6, 6.07) is 5.05. The summed E-state index contributed by atoms with van der Waals surface area (Å²) in [7, 11) is 0. The molecule has 5 nitrogen and oxygen atoms in total. The summed E-state index contributed by atoms with van der Waals surface area (Å²) in [6.07, 6.45) is 2.03. The first kappa shape index (κ1) is 24.9. The molecule has 0 spiro atoms. The molecule has 1 aromatic rings. The molecule has 32 heavy (non-hydrogen) atoms. The number of anilines is 1. The van der Waals surface area contributed by atoms with Crippen molar-refractivity contribution in [2.75, 3.05) is 11.5 Å². The van der Waals surface area contributed by atoms with E-state index in [9.17, 15) is 18.0 Å². The number of thiol groups is 1. The first-order valence-electron chi connectivity index (χ1n) is 11.0. The zero-order valence-corrected chi connectivity index (χ0v) is 19.3. The highest BCUT2D eigenvalue weighted by molar-refractivity contribution is 7.81. The number of amides is 1. The van der Waals surface area contributed by atoms with Crippen LogP contribution in [0.3, 0.4) is 0 Å². The minimum atomic E-state index is -4.69. The lowest BCUT2D eigenvalue weighted by Gasteiger charge is -2.41. The smallest absolute Gasteiger partial charge is 0.396 e. The SMILES string of the molecule is CC1(C)C(=O)N(c2ccc(C#N)c(C(F)(F)F)c2)C(S)N1C1CCC(CCCCO)CC1. The Kier molecular flexibility index (Phi) is 7.48. The van der Waals surface area contributed by atoms with E-state index in [4.69, 9.17) is 10.4 Å². The van der Waals surface area contributed by atoms with Gasteiger partial charge in [0.15, 0.2) is 0 Å². The number of nitriles is 1. The van der Waals surface area contributed by atoms with Crippen LogP contribution in [0.1, 0.15) is 69.9 Å². The van der Waals surface area contributed by atoms with E-state index in [0.717, 1.165) is 57.1 Å². The number of aliphatic hydroxyl groups excluding tert-OH is 1. The molecule has 1 atom stereocenters. The van der Waals surface area contributed by atoms with Crippen LogP contribution in [0.15, 0.2) is 18.2 Å². The predicted octanol–water partition coefficient (Wildman–Crippen LogP) is 4.94. The van der Waals surface area contributed by atoms with Gasteiger partial charge in [0, 0.05) is 18.3 Å². The van der Waals surface area contributed by atoms with Gasteiger partial charge in [-0.1, -0.05) is 12.8 Å². The third-order valence-electron chi connectivity index (χ3n) is 6.80. The van der Waals surface area contributed by atoms with Gasteiger partial charge >= 0.3 is 6.18 Å². The molecule has 1 unspecified atom stereocenters. The van der Waals surface area contributed by atoms with E-state index < -0.39 is 28.3 Å². The zero-order chi connectivity index (χ0) is 23.7. The molecule has 1 aliphatic heterocycles. The molecule has 1 N–H and O–H groups in total. The Hall–Kier alpha value is -1.76. The third kappa shape index (κ3) is 4.78. The molecule has 0 radical (unpaired) electrons. The van der Waals surface area contributed by atoms with Crippen molar-refractivity contribution < 1.29 is 23.1 Å². The van der Waals surface area contributed by atoms with Gasteiger partial charge in [-0.25, -0.2) is 0 Å². The number of nitrogens with zero attached hydrogens (tertiary/aromatic N) is 3. The summed E-state index contributed by atoms with van der Waals surface area (Å²) in [6.45, 7) is 3.79. The highest BCUT2D eigenvalue weighted by atomic mass is 32.1. The van der Waals surface area contributed by atoms with Crippen LogP contribution in [0.2, 0.25) is 0 Å². The Morgan fingerprint density at radius 1 is 1.22 bits per heavy atom. The predicted molar refractivity (Wildman–Crippen MR) is 119 cm³/mol. The molecule has 1 aromatic carbocycles. The number of benzene rings is 1. The number of rotatable bonds is 6. The number of hydrogen-bond acceptors (Lipinski definition) is 5. The maximum Gasteiger partial charge on any atom is 0.417 e. The van der Waals surface area contributed by atoms with E-state index >= 15 is 0 Å². The van der Waals surface area contributed by atoms with E-state index in [1.165, 1.54) is 11.0 Å². The van der Waals surface area contributed by atoms with Crippen LogP contribution in [0.25, 0.3) is 0 Å². The summed E-state index contributed by atoms with van der Waals surface area (Å²) >= 11 is 4.68. The first-order chi connectivity index (χ1) is 15.0. The van der Waals surface area contributed by atoms with Crippen LogP contribution in [0.5, 0.6) is 0 Å². The lowest BCUT2D eigenvalue weighted by atomic mass is 9.81. The summed E-state index contributed by atoms with van der Waals surface area (Å²) in [4.78, 5) is 16.6. The minimum Gasteiger partial charge on any atom is -0.396 e. The van der Waals surface area contributed by atoms with Gasteiger partial charge in [0.2, 0.25) is 5.91 Å². The fourth-order valence-corrected chi connectivity index (χ4v) is 5.80. The van der Waals surface area contributed by atoms with E-state index in [2.05, 4.69) is 12.6 Å². The average Bonchev–Trinajstić information content (AvgIpc) is 2.92. The number of alkyl halides is 3. The number of hydrogen-bond donors (Lipinski definition) is 2. The molecule has 9 heteroatoms. The van der Waals surface area contributed by atoms with Gasteiger partial charge in [-0.15, -0.1) is 12.6 Å². The Morgan fingerprint density at radius 2 is 1.88 bits per heavy atom. The Morgan fingerprint density at radius 3 is 2.44 bits per heavy atom. The summed E-state index contributed by atoms with van der Waals surface area (Å²) in [5, 5.41) is 18.0. The summed E-state index contributed by atoms with van der Waals surface area (Å²) in [5.41, 5.74) is -3.03. The Balaban J connectivity index is 1.82. The lowest BCUT2D eigenvalue weighted by Crippen LogP contribution is -2.51. The minimum absolute atomic E-state index is 0.0922. The fourth-order valence-electron chi connectivity index (χ4n) is 5.09. The molecule has 0 bridgehead atoms. The average molecular weight is 470 g/mol. The van der Waals surface area contributed by atoms with Gasteiger partial charge in [0.25, 0.3) is 0 Å². The summed E-state index contributed by atoms with van der Waals surface area (Å²) in [5.74, 6) is 0.293. The van der Waals surface area contributed by atoms with E-state index in [-0.39, 0.29) is 24.2 Å². The fraction of sp³-hybridized carbons (Fsp3) is 0.652. The van der Waals surface area contributed by atoms with Gasteiger partial charge in [-0.2, -0.15) is 18.4 Å². The standard InChI is InChI=1S/C23H30F3N3O2S/c1-22(2)20(31)28(18-11-8-16(14-27)19(13-18)23(24,25)26)21(32)29(22)17-9-6-15(7-10-17)5-3-4-12-30/h8,11,13,15,17,21,30,32H,3-7,9-10,12H2,1-2H3. The largest absolute Gasteiger partial charge is 0.417 e. The first-order valence-corrected chi connectivity index (χ1v) is 11.6. The van der Waals surface area contributed by atoms with Crippen LogP contribution in [0, 0.1) is 17.2 Å². The molecule has 1 saturated heterocycles. The molecular formula is C23H30F3N3O2S. The van der Waals surface area contributed by atoms with Crippen LogP contribution >= 0.6 is 12.6 Å². The van der Waals surface area contributed by atoms with Crippen LogP contribution in [-0.2, 0) is 11.0 Å². The van der Waals surface area contributed by atoms with Crippen molar-refractivity contribution in [3.8, 4) is 6.07 Å². The molecule has 0 aromatic heterocycles. The number of carbonyl (C=O) groups is 1. The maximum atomic E-state index is 13.5. The van der Waals surface area contributed by atoms with Gasteiger partial charge in [0.1, 0.15) is 5.50 Å². The van der Waals surface area contributed by atoms with Crippen LogP contribution in [0.4, 0.5) is 18.9 Å². The van der Waals surface area contributed by atoms with Crippen LogP contribution < -0.4 is 4.90 Å². The highest BCUT2D eigenvalue weighted by Crippen LogP contribution is 2.44. The van der Waals surface area contributed by atoms with Crippen molar-refractivity contribution in [2.45, 2.75) is 82.0 Å². The Labute approximate surface area is 192 Å². The summed E-state index contributed by atoms with van der Waals surface area (Å²) < 4.78 is 40.4. The van der Waals surface area contributed by atoms with Gasteiger partial charge in [0.05, 0.1) is 22.7 Å². The number of unbranched alkanes of at least 4 members (excludes halogenated alkanes) is 1. The van der Waals surface area contributed by atoms with Crippen molar-refractivity contribution in [1.82, 2.24) is 4.90 Å². The third-order valence-corrected chi connectivity index (χ3v) is 7.28. The molecule has 1 amide bonds. The number of halogens is 3. The molecule has 3 rings (SSSR count). The van der Waals surface area contributed by atoms with E-state index in [1.54, 1.807) is 19.9 Å². The monoisotopic (exact) mass is 469 g/mol. The van der Waals surface area contributed by atoms with E-state index in [0.29, 0.717) is 5.92 Å². The second-order valence-electron chi connectivity index (χ2n) is 9.22. The topological polar surface area (TPSA) is 67.6 Å². The van der Waals surface area contributed by atoms with Gasteiger partial charge < -0.3 is 5.11 Å². The second kappa shape index (κ2) is 9.62. The number of carbonyl (C=O) groups excluding carboxylic acids is 1. The number of aliphatic hydroxyl groups is 1. The molecule has 2 aliphatic rings. The van der Waals surface area contributed by atoms with Crippen molar-refractivity contribution in [1.29, 1.82) is 5.26 Å². The van der Waals surface area contributed by atoms with Crippen molar-refractivity contribution >= 4 is 24.2 Å². The molecule has 176 valence electrons. The van der Waals surface area contributed by atoms with Gasteiger partial charge in [-0.3, -0.25) is 14.6 Å². The zero-order valence-electron chi connectivity index (χ0n) is 18.4. The molecular weight excluding hydrogens is 439 g/mol. The van der Waals surface area contributed by atoms with Crippen molar-refractivity contribution in [2.24, 2.45) is 5.92 Å². The van der Waals surface area contributed by atoms with Gasteiger partial charge in [-0.05, 0) is 70.1 Å².